The van der Waals surface area contributed by atoms with Crippen molar-refractivity contribution in [3.8, 4) is 0 Å². The number of nitrogens with one attached hydrogen (secondary N) is 1. The summed E-state index contributed by atoms with van der Waals surface area (Å²) in [6.45, 7) is 0. The maximum absolute atomic E-state index is 12.6. The zero-order valence-electron chi connectivity index (χ0n) is 12.7. The Hall–Kier alpha value is -2.63. The van der Waals surface area contributed by atoms with Crippen molar-refractivity contribution in [3.63, 3.8) is 0 Å². The Kier molecular flexibility index (Phi) is 3.57. The number of benzene rings is 1. The molecule has 0 bridgehead atoms. The van der Waals surface area contributed by atoms with Crippen LogP contribution in [0.15, 0.2) is 41.1 Å². The van der Waals surface area contributed by atoms with Gasteiger partial charge in [0.1, 0.15) is 12.0 Å². The number of oxazole rings is 1. The van der Waals surface area contributed by atoms with Crippen LogP contribution < -0.4 is 5.32 Å². The minimum atomic E-state index is -0.171. The first-order valence-corrected chi connectivity index (χ1v) is 7.97. The lowest BCUT2D eigenvalue weighted by Gasteiger charge is -2.11. The minimum Gasteiger partial charge on any atom is -0.416 e. The van der Waals surface area contributed by atoms with Crippen molar-refractivity contribution in [2.24, 2.45) is 0 Å². The summed E-state index contributed by atoms with van der Waals surface area (Å²) in [5, 5.41) is 7.25. The van der Waals surface area contributed by atoms with Crippen LogP contribution in [0.2, 0.25) is 0 Å². The van der Waals surface area contributed by atoms with Crippen molar-refractivity contribution in [2.75, 3.05) is 0 Å². The number of carbonyl (C=O) groups excluding carboxylic acids is 1. The van der Waals surface area contributed by atoms with Crippen LogP contribution >= 0.6 is 0 Å². The van der Waals surface area contributed by atoms with Crippen LogP contribution in [-0.4, -0.2) is 26.5 Å². The molecule has 4 rings (SSSR count). The quantitative estimate of drug-likeness (QED) is 0.804. The number of hydrogen-bond donors (Lipinski definition) is 1. The Morgan fingerprint density at radius 1 is 1.26 bits per heavy atom. The van der Waals surface area contributed by atoms with Gasteiger partial charge in [0.15, 0.2) is 0 Å². The smallest absolute Gasteiger partial charge is 0.325 e. The Morgan fingerprint density at radius 2 is 2.04 bits per heavy atom. The fraction of sp³-hybridized carbons (Fsp3) is 0.353. The lowest BCUT2D eigenvalue weighted by Crippen LogP contribution is -2.33. The zero-order valence-corrected chi connectivity index (χ0v) is 12.7. The van der Waals surface area contributed by atoms with Crippen LogP contribution in [0.25, 0.3) is 5.84 Å². The summed E-state index contributed by atoms with van der Waals surface area (Å²) in [5.41, 5.74) is 1.83. The van der Waals surface area contributed by atoms with Gasteiger partial charge >= 0.3 is 5.84 Å². The van der Waals surface area contributed by atoms with Crippen LogP contribution in [0.3, 0.4) is 0 Å². The normalized spacial score (nSPS) is 15.3. The SMILES string of the molecule is O=C(NC1CCCC1)c1oc2ncnn2c1Cc1ccccc1. The molecule has 0 unspecified atom stereocenters. The van der Waals surface area contributed by atoms with E-state index in [4.69, 9.17) is 4.42 Å². The maximum Gasteiger partial charge on any atom is 0.325 e. The van der Waals surface area contributed by atoms with Crippen molar-refractivity contribution in [1.29, 1.82) is 0 Å². The van der Waals surface area contributed by atoms with E-state index in [1.165, 1.54) is 19.2 Å². The molecule has 1 saturated carbocycles. The van der Waals surface area contributed by atoms with E-state index in [0.717, 1.165) is 24.1 Å². The average molecular weight is 310 g/mol. The Labute approximate surface area is 133 Å². The maximum atomic E-state index is 12.6. The van der Waals surface area contributed by atoms with Gasteiger partial charge in [-0.25, -0.2) is 0 Å². The summed E-state index contributed by atoms with van der Waals surface area (Å²) in [5.74, 6) is 0.499. The van der Waals surface area contributed by atoms with Crippen molar-refractivity contribution in [2.45, 2.75) is 38.1 Å². The van der Waals surface area contributed by atoms with Gasteiger partial charge < -0.3 is 9.73 Å². The van der Waals surface area contributed by atoms with Crippen molar-refractivity contribution in [1.82, 2.24) is 19.9 Å². The van der Waals surface area contributed by atoms with E-state index in [2.05, 4.69) is 15.4 Å². The third-order valence-corrected chi connectivity index (χ3v) is 4.34. The van der Waals surface area contributed by atoms with E-state index in [-0.39, 0.29) is 11.9 Å². The van der Waals surface area contributed by atoms with E-state index in [9.17, 15) is 4.79 Å². The molecule has 1 amide bonds. The summed E-state index contributed by atoms with van der Waals surface area (Å²) in [7, 11) is 0. The predicted octanol–water partition coefficient (Wildman–Crippen LogP) is 2.59. The van der Waals surface area contributed by atoms with Gasteiger partial charge in [0.05, 0.1) is 0 Å². The topological polar surface area (TPSA) is 72.4 Å². The van der Waals surface area contributed by atoms with Crippen LogP contribution in [0.4, 0.5) is 0 Å². The van der Waals surface area contributed by atoms with Gasteiger partial charge in [-0.3, -0.25) is 4.79 Å². The number of nitrogens with zero attached hydrogens (tertiary/aromatic N) is 3. The van der Waals surface area contributed by atoms with Gasteiger partial charge in [-0.1, -0.05) is 43.2 Å². The summed E-state index contributed by atoms with van der Waals surface area (Å²) in [6.07, 6.45) is 6.43. The highest BCUT2D eigenvalue weighted by Crippen LogP contribution is 2.21. The van der Waals surface area contributed by atoms with Crippen molar-refractivity contribution >= 4 is 11.8 Å². The van der Waals surface area contributed by atoms with E-state index in [1.54, 1.807) is 4.52 Å². The molecular formula is C17H18N4O2. The van der Waals surface area contributed by atoms with E-state index in [1.807, 2.05) is 30.3 Å². The first kappa shape index (κ1) is 14.0. The second-order valence-corrected chi connectivity index (χ2v) is 5.95. The minimum absolute atomic E-state index is 0.171. The molecule has 1 aromatic carbocycles. The molecule has 1 fully saturated rings. The molecule has 6 nitrogen and oxygen atoms in total. The summed E-state index contributed by atoms with van der Waals surface area (Å²) in [6, 6.07) is 10.2. The molecule has 1 N–H and O–H groups in total. The van der Waals surface area contributed by atoms with Gasteiger partial charge in [-0.15, -0.1) is 0 Å². The average Bonchev–Trinajstić information content (AvgIpc) is 3.27. The van der Waals surface area contributed by atoms with E-state index < -0.39 is 0 Å². The molecule has 1 aliphatic carbocycles. The highest BCUT2D eigenvalue weighted by atomic mass is 16.4. The Bertz CT molecular complexity index is 816. The molecule has 23 heavy (non-hydrogen) atoms. The largest absolute Gasteiger partial charge is 0.416 e. The van der Waals surface area contributed by atoms with E-state index >= 15 is 0 Å². The Morgan fingerprint density at radius 3 is 2.83 bits per heavy atom. The van der Waals surface area contributed by atoms with Crippen LogP contribution in [0, 0.1) is 0 Å². The first-order chi connectivity index (χ1) is 11.3. The van der Waals surface area contributed by atoms with Crippen LogP contribution in [-0.2, 0) is 6.42 Å². The third-order valence-electron chi connectivity index (χ3n) is 4.34. The molecule has 0 radical (unpaired) electrons. The molecule has 1 aliphatic rings. The van der Waals surface area contributed by atoms with Crippen molar-refractivity contribution in [3.05, 3.63) is 53.7 Å². The molecule has 2 heterocycles. The fourth-order valence-electron chi connectivity index (χ4n) is 3.17. The van der Waals surface area contributed by atoms with E-state index in [0.29, 0.717) is 18.0 Å². The Balaban J connectivity index is 1.66. The highest BCUT2D eigenvalue weighted by Gasteiger charge is 2.25. The molecule has 0 atom stereocenters. The molecule has 118 valence electrons. The number of fused-ring (bicyclic) bond motifs is 1. The number of aromatic nitrogens is 3. The summed E-state index contributed by atoms with van der Waals surface area (Å²) in [4.78, 5) is 16.7. The number of amides is 1. The van der Waals surface area contributed by atoms with Crippen LogP contribution in [0.1, 0.15) is 47.5 Å². The zero-order chi connectivity index (χ0) is 15.6. The standard InChI is InChI=1S/C17H18N4O2/c22-16(20-13-8-4-5-9-13)15-14(10-12-6-2-1-3-7-12)21-17(23-15)18-11-19-21/h1-3,6-7,11,13H,4-5,8-10H2,(H,20,22). The van der Waals surface area contributed by atoms with Gasteiger partial charge in [-0.2, -0.15) is 14.6 Å². The second kappa shape index (κ2) is 5.87. The molecule has 6 heteroatoms. The summed E-state index contributed by atoms with van der Waals surface area (Å²) >= 11 is 0. The first-order valence-electron chi connectivity index (χ1n) is 7.97. The van der Waals surface area contributed by atoms with Gasteiger partial charge in [0.2, 0.25) is 5.76 Å². The highest BCUT2D eigenvalue weighted by molar-refractivity contribution is 5.93. The molecule has 0 spiro atoms. The van der Waals surface area contributed by atoms with Crippen molar-refractivity contribution < 1.29 is 9.21 Å². The van der Waals surface area contributed by atoms with Crippen LogP contribution in [0.5, 0.6) is 0 Å². The fourth-order valence-corrected chi connectivity index (χ4v) is 3.17. The molecule has 2 aromatic heterocycles. The molecule has 3 aromatic rings. The molecular weight excluding hydrogens is 292 g/mol. The summed E-state index contributed by atoms with van der Waals surface area (Å²) < 4.78 is 7.27. The predicted molar refractivity (Wildman–Crippen MR) is 84.2 cm³/mol. The van der Waals surface area contributed by atoms with Gasteiger partial charge in [-0.05, 0) is 18.4 Å². The van der Waals surface area contributed by atoms with Gasteiger partial charge in [0, 0.05) is 12.5 Å². The van der Waals surface area contributed by atoms with Gasteiger partial charge in [0.25, 0.3) is 5.91 Å². The monoisotopic (exact) mass is 310 g/mol. The number of carbonyl (C=O) groups is 1. The number of rotatable bonds is 4. The lowest BCUT2D eigenvalue weighted by atomic mass is 10.1. The second-order valence-electron chi connectivity index (χ2n) is 5.95. The third kappa shape index (κ3) is 2.72. The molecule has 0 aliphatic heterocycles. The number of hydrogen-bond acceptors (Lipinski definition) is 4. The lowest BCUT2D eigenvalue weighted by molar-refractivity contribution is 0.0910. The molecule has 0 saturated heterocycles.